The molecular formula is C21H22ClN7OS. The van der Waals surface area contributed by atoms with Crippen LogP contribution in [0.5, 0.6) is 5.88 Å². The van der Waals surface area contributed by atoms with Crippen LogP contribution in [0.15, 0.2) is 24.5 Å². The predicted molar refractivity (Wildman–Crippen MR) is 125 cm³/mol. The van der Waals surface area contributed by atoms with Crippen LogP contribution in [-0.2, 0) is 6.42 Å². The van der Waals surface area contributed by atoms with Gasteiger partial charge in [-0.3, -0.25) is 0 Å². The van der Waals surface area contributed by atoms with Crippen molar-refractivity contribution in [1.29, 1.82) is 0 Å². The summed E-state index contributed by atoms with van der Waals surface area (Å²) in [7, 11) is 0. The lowest BCUT2D eigenvalue weighted by molar-refractivity contribution is 0.331. The summed E-state index contributed by atoms with van der Waals surface area (Å²) in [5.74, 6) is 2.30. The van der Waals surface area contributed by atoms with Crippen LogP contribution in [-0.4, -0.2) is 57.7 Å². The molecule has 0 N–H and O–H groups in total. The molecule has 160 valence electrons. The molecule has 0 saturated carbocycles. The molecule has 5 rings (SSSR count). The summed E-state index contributed by atoms with van der Waals surface area (Å²) < 4.78 is 6.62. The van der Waals surface area contributed by atoms with Gasteiger partial charge in [-0.25, -0.2) is 19.9 Å². The Morgan fingerprint density at radius 1 is 1.03 bits per heavy atom. The lowest BCUT2D eigenvalue weighted by Crippen LogP contribution is -2.47. The third kappa shape index (κ3) is 3.72. The number of pyridine rings is 1. The molecule has 5 heterocycles. The van der Waals surface area contributed by atoms with E-state index >= 15 is 0 Å². The van der Waals surface area contributed by atoms with E-state index in [0.29, 0.717) is 12.5 Å². The van der Waals surface area contributed by atoms with Gasteiger partial charge >= 0.3 is 0 Å². The molecule has 0 atom stereocenters. The molecule has 31 heavy (non-hydrogen) atoms. The Morgan fingerprint density at radius 2 is 1.77 bits per heavy atom. The molecule has 0 radical (unpaired) electrons. The van der Waals surface area contributed by atoms with E-state index in [-0.39, 0.29) is 5.28 Å². The fourth-order valence-corrected chi connectivity index (χ4v) is 5.17. The van der Waals surface area contributed by atoms with E-state index in [4.69, 9.17) is 21.3 Å². The highest BCUT2D eigenvalue weighted by atomic mass is 35.5. The monoisotopic (exact) mass is 455 g/mol. The highest BCUT2D eigenvalue weighted by molar-refractivity contribution is 7.25. The second-order valence-electron chi connectivity index (χ2n) is 7.21. The summed E-state index contributed by atoms with van der Waals surface area (Å²) in [6.07, 6.45) is 4.44. The first kappa shape index (κ1) is 20.1. The van der Waals surface area contributed by atoms with E-state index in [1.165, 1.54) is 5.56 Å². The van der Waals surface area contributed by atoms with E-state index in [9.17, 15) is 0 Å². The van der Waals surface area contributed by atoms with E-state index in [0.717, 1.165) is 64.8 Å². The number of aryl methyl sites for hydroxylation is 1. The van der Waals surface area contributed by atoms with Crippen LogP contribution in [0.3, 0.4) is 0 Å². The summed E-state index contributed by atoms with van der Waals surface area (Å²) in [5, 5.41) is 1.24. The summed E-state index contributed by atoms with van der Waals surface area (Å²) in [5.41, 5.74) is 2.03. The van der Waals surface area contributed by atoms with E-state index in [2.05, 4.69) is 42.7 Å². The molecular weight excluding hydrogens is 434 g/mol. The summed E-state index contributed by atoms with van der Waals surface area (Å²) in [4.78, 5) is 28.0. The molecule has 4 aromatic heterocycles. The average Bonchev–Trinajstić information content (AvgIpc) is 3.18. The highest BCUT2D eigenvalue weighted by Crippen LogP contribution is 2.40. The molecule has 4 aromatic rings. The Morgan fingerprint density at radius 3 is 2.48 bits per heavy atom. The van der Waals surface area contributed by atoms with Crippen molar-refractivity contribution in [1.82, 2.24) is 24.9 Å². The van der Waals surface area contributed by atoms with E-state index < -0.39 is 0 Å². The topological polar surface area (TPSA) is 80.2 Å². The van der Waals surface area contributed by atoms with Gasteiger partial charge in [-0.2, -0.15) is 4.98 Å². The molecule has 0 spiro atoms. The van der Waals surface area contributed by atoms with Crippen molar-refractivity contribution in [3.05, 3.63) is 35.4 Å². The van der Waals surface area contributed by atoms with Crippen molar-refractivity contribution in [3.63, 3.8) is 0 Å². The number of rotatable bonds is 5. The quantitative estimate of drug-likeness (QED) is 0.418. The van der Waals surface area contributed by atoms with Crippen LogP contribution >= 0.6 is 22.9 Å². The number of thiophene rings is 1. The molecule has 1 fully saturated rings. The molecule has 0 aliphatic carbocycles. The van der Waals surface area contributed by atoms with E-state index in [1.807, 2.05) is 13.0 Å². The van der Waals surface area contributed by atoms with Crippen molar-refractivity contribution < 1.29 is 4.74 Å². The molecule has 1 saturated heterocycles. The lowest BCUT2D eigenvalue weighted by atomic mass is 10.1. The van der Waals surface area contributed by atoms with Gasteiger partial charge < -0.3 is 14.5 Å². The number of piperazine rings is 1. The van der Waals surface area contributed by atoms with Gasteiger partial charge in [-0.15, -0.1) is 11.3 Å². The number of hydrogen-bond acceptors (Lipinski definition) is 9. The number of hydrogen-bond donors (Lipinski definition) is 0. The maximum Gasteiger partial charge on any atom is 0.236 e. The van der Waals surface area contributed by atoms with Gasteiger partial charge in [-0.05, 0) is 42.6 Å². The number of anilines is 2. The van der Waals surface area contributed by atoms with Crippen molar-refractivity contribution in [2.75, 3.05) is 42.6 Å². The van der Waals surface area contributed by atoms with Crippen molar-refractivity contribution >= 4 is 55.1 Å². The maximum atomic E-state index is 6.19. The second kappa shape index (κ2) is 8.39. The summed E-state index contributed by atoms with van der Waals surface area (Å²) in [6.45, 7) is 8.04. The minimum Gasteiger partial charge on any atom is -0.477 e. The molecule has 0 bridgehead atoms. The van der Waals surface area contributed by atoms with Gasteiger partial charge in [-0.1, -0.05) is 6.92 Å². The molecule has 10 heteroatoms. The fraction of sp³-hybridized carbons (Fsp3) is 0.381. The maximum absolute atomic E-state index is 6.19. The highest BCUT2D eigenvalue weighted by Gasteiger charge is 2.23. The summed E-state index contributed by atoms with van der Waals surface area (Å²) >= 11 is 7.75. The Labute approximate surface area is 188 Å². The van der Waals surface area contributed by atoms with Gasteiger partial charge in [0.05, 0.1) is 12.1 Å². The fourth-order valence-electron chi connectivity index (χ4n) is 3.91. The summed E-state index contributed by atoms with van der Waals surface area (Å²) in [6, 6.07) is 4.02. The third-order valence-corrected chi connectivity index (χ3v) is 6.63. The van der Waals surface area contributed by atoms with Gasteiger partial charge in [0.1, 0.15) is 15.3 Å². The smallest absolute Gasteiger partial charge is 0.236 e. The van der Waals surface area contributed by atoms with Crippen molar-refractivity contribution in [2.24, 2.45) is 0 Å². The number of ether oxygens (including phenoxy) is 1. The van der Waals surface area contributed by atoms with Crippen LogP contribution in [0.4, 0.5) is 11.8 Å². The SMILES string of the molecule is CCOc1nc(Cl)nc2c1sc1nc(N3CCN(c4ncccn4)CC3)cc(CC)c12. The third-order valence-electron chi connectivity index (χ3n) is 5.40. The predicted octanol–water partition coefficient (Wildman–Crippen LogP) is 3.97. The number of halogens is 1. The Kier molecular flexibility index (Phi) is 5.45. The van der Waals surface area contributed by atoms with E-state index in [1.54, 1.807) is 23.7 Å². The minimum absolute atomic E-state index is 0.195. The number of nitrogens with zero attached hydrogens (tertiary/aromatic N) is 7. The zero-order chi connectivity index (χ0) is 21.4. The first-order valence-electron chi connectivity index (χ1n) is 10.4. The molecule has 0 amide bonds. The molecule has 1 aliphatic heterocycles. The van der Waals surface area contributed by atoms with Crippen molar-refractivity contribution in [3.8, 4) is 5.88 Å². The first-order valence-corrected chi connectivity index (χ1v) is 11.6. The van der Waals surface area contributed by atoms with Crippen LogP contribution in [0, 0.1) is 0 Å². The zero-order valence-corrected chi connectivity index (χ0v) is 18.9. The standard InChI is InChI=1S/C21H22ClN7OS/c1-3-13-12-14(28-8-10-29(11-9-28)21-23-6-5-7-24-21)25-19-15(13)16-17(31-19)18(30-4-2)27-20(22)26-16/h5-7,12H,3-4,8-11H2,1-2H3. The largest absolute Gasteiger partial charge is 0.477 e. The number of aromatic nitrogens is 5. The van der Waals surface area contributed by atoms with Gasteiger partial charge in [0.15, 0.2) is 0 Å². The van der Waals surface area contributed by atoms with Gasteiger partial charge in [0, 0.05) is 44.0 Å². The van der Waals surface area contributed by atoms with Crippen LogP contribution in [0.25, 0.3) is 20.4 Å². The Balaban J connectivity index is 1.51. The normalized spacial score (nSPS) is 14.5. The first-order chi connectivity index (χ1) is 15.2. The van der Waals surface area contributed by atoms with Crippen LogP contribution in [0.2, 0.25) is 5.28 Å². The molecule has 0 aromatic carbocycles. The van der Waals surface area contributed by atoms with Gasteiger partial charge in [0.25, 0.3) is 0 Å². The Bertz CT molecular complexity index is 1230. The van der Waals surface area contributed by atoms with Crippen molar-refractivity contribution in [2.45, 2.75) is 20.3 Å². The molecule has 0 unspecified atom stereocenters. The molecule has 1 aliphatic rings. The minimum atomic E-state index is 0.195. The second-order valence-corrected chi connectivity index (χ2v) is 8.54. The Hall–Kier alpha value is -2.78. The van der Waals surface area contributed by atoms with Crippen LogP contribution < -0.4 is 14.5 Å². The van der Waals surface area contributed by atoms with Crippen LogP contribution in [0.1, 0.15) is 19.4 Å². The lowest BCUT2D eigenvalue weighted by Gasteiger charge is -2.35. The zero-order valence-electron chi connectivity index (χ0n) is 17.4. The van der Waals surface area contributed by atoms with Gasteiger partial charge in [0.2, 0.25) is 17.1 Å². The molecule has 8 nitrogen and oxygen atoms in total. The average molecular weight is 456 g/mol. The number of fused-ring (bicyclic) bond motifs is 3.